The van der Waals surface area contributed by atoms with E-state index in [0.717, 1.165) is 13.0 Å². The standard InChI is InChI=1S/C5H13NSi/c1-7(2)5-3-4-6/h5H,3-4,6H2,1-2H3. The Bertz CT molecular complexity index is 64.5. The number of hydrogen-bond donors (Lipinski definition) is 1. The predicted molar refractivity (Wildman–Crippen MR) is 37.2 cm³/mol. The van der Waals surface area contributed by atoms with E-state index in [0.29, 0.717) is 0 Å². The maximum atomic E-state index is 5.26. The molecule has 42 valence electrons. The van der Waals surface area contributed by atoms with Crippen LogP contribution in [0.3, 0.4) is 0 Å². The summed E-state index contributed by atoms with van der Waals surface area (Å²) in [6, 6.07) is 0. The topological polar surface area (TPSA) is 26.0 Å². The van der Waals surface area contributed by atoms with Crippen LogP contribution < -0.4 is 5.73 Å². The van der Waals surface area contributed by atoms with Crippen LogP contribution in [0, 0.1) is 0 Å². The Balaban J connectivity index is 3.08. The fourth-order valence-corrected chi connectivity index (χ4v) is 1.12. The van der Waals surface area contributed by atoms with Crippen molar-refractivity contribution >= 4 is 14.1 Å². The third-order valence-corrected chi connectivity index (χ3v) is 1.82. The van der Waals surface area contributed by atoms with Crippen molar-refractivity contribution in [1.29, 1.82) is 0 Å². The molecule has 0 atom stereocenters. The second-order valence-electron chi connectivity index (χ2n) is 1.86. The SMILES string of the molecule is C[Si](C)=CCCN. The van der Waals surface area contributed by atoms with Crippen LogP contribution in [0.5, 0.6) is 0 Å². The zero-order valence-corrected chi connectivity index (χ0v) is 6.07. The van der Waals surface area contributed by atoms with E-state index < -0.39 is 0 Å². The van der Waals surface area contributed by atoms with Gasteiger partial charge in [0.25, 0.3) is 0 Å². The highest BCUT2D eigenvalue weighted by Gasteiger charge is 1.74. The zero-order valence-electron chi connectivity index (χ0n) is 5.07. The van der Waals surface area contributed by atoms with Gasteiger partial charge in [0.1, 0.15) is 0 Å². The minimum atomic E-state index is -0.102. The quantitative estimate of drug-likeness (QED) is 0.520. The van der Waals surface area contributed by atoms with Crippen molar-refractivity contribution in [2.75, 3.05) is 6.54 Å². The molecule has 0 saturated heterocycles. The van der Waals surface area contributed by atoms with Gasteiger partial charge in [-0.05, 0) is 21.4 Å². The Hall–Kier alpha value is 0.0469. The highest BCUT2D eigenvalue weighted by molar-refractivity contribution is 6.63. The van der Waals surface area contributed by atoms with Crippen LogP contribution in [0.25, 0.3) is 0 Å². The molecule has 0 aliphatic heterocycles. The normalized spacial score (nSPS) is 8.43. The minimum absolute atomic E-state index is 0.102. The Morgan fingerprint density at radius 1 is 1.57 bits per heavy atom. The number of rotatable bonds is 2. The Morgan fingerprint density at radius 3 is 2.29 bits per heavy atom. The van der Waals surface area contributed by atoms with Crippen molar-refractivity contribution < 1.29 is 0 Å². The molecule has 2 heteroatoms. The lowest BCUT2D eigenvalue weighted by Gasteiger charge is -1.84. The molecule has 0 spiro atoms. The summed E-state index contributed by atoms with van der Waals surface area (Å²) < 4.78 is 0. The van der Waals surface area contributed by atoms with E-state index in [9.17, 15) is 0 Å². The summed E-state index contributed by atoms with van der Waals surface area (Å²) in [4.78, 5) is 0. The average molecular weight is 115 g/mol. The van der Waals surface area contributed by atoms with Crippen molar-refractivity contribution in [2.24, 2.45) is 5.73 Å². The molecule has 1 nitrogen and oxygen atoms in total. The van der Waals surface area contributed by atoms with Gasteiger partial charge in [-0.1, -0.05) is 13.1 Å². The molecule has 0 aromatic carbocycles. The Morgan fingerprint density at radius 2 is 2.14 bits per heavy atom. The first kappa shape index (κ1) is 7.05. The van der Waals surface area contributed by atoms with Crippen molar-refractivity contribution in [1.82, 2.24) is 0 Å². The lowest BCUT2D eigenvalue weighted by molar-refractivity contribution is 1.07. The lowest BCUT2D eigenvalue weighted by atomic mass is 10.5. The highest BCUT2D eigenvalue weighted by atomic mass is 28.2. The molecule has 0 unspecified atom stereocenters. The zero-order chi connectivity index (χ0) is 5.70. The number of hydrogen-bond acceptors (Lipinski definition) is 1. The van der Waals surface area contributed by atoms with Crippen LogP contribution in [0.1, 0.15) is 6.42 Å². The Labute approximate surface area is 46.8 Å². The minimum Gasteiger partial charge on any atom is -0.330 e. The van der Waals surface area contributed by atoms with Gasteiger partial charge in [0.15, 0.2) is 0 Å². The van der Waals surface area contributed by atoms with Crippen LogP contribution in [0.4, 0.5) is 0 Å². The summed E-state index contributed by atoms with van der Waals surface area (Å²) in [5.41, 5.74) is 7.59. The molecule has 7 heavy (non-hydrogen) atoms. The first-order chi connectivity index (χ1) is 3.27. The molecule has 0 aromatic rings. The van der Waals surface area contributed by atoms with Crippen LogP contribution in [-0.2, 0) is 0 Å². The summed E-state index contributed by atoms with van der Waals surface area (Å²) in [6.45, 7) is 5.34. The molecular weight excluding hydrogens is 102 g/mol. The predicted octanol–water partition coefficient (Wildman–Crippen LogP) is 0.473. The van der Waals surface area contributed by atoms with Crippen molar-refractivity contribution in [3.8, 4) is 0 Å². The first-order valence-corrected chi connectivity index (χ1v) is 5.18. The lowest BCUT2D eigenvalue weighted by Crippen LogP contribution is -2.02. The van der Waals surface area contributed by atoms with Crippen molar-refractivity contribution in [3.63, 3.8) is 0 Å². The smallest absolute Gasteiger partial charge is 0.00128 e. The van der Waals surface area contributed by atoms with E-state index in [1.807, 2.05) is 0 Å². The van der Waals surface area contributed by atoms with E-state index in [4.69, 9.17) is 5.73 Å². The van der Waals surface area contributed by atoms with Gasteiger partial charge in [-0.25, -0.2) is 0 Å². The summed E-state index contributed by atoms with van der Waals surface area (Å²) in [7, 11) is -0.102. The van der Waals surface area contributed by atoms with E-state index in [1.165, 1.54) is 0 Å². The van der Waals surface area contributed by atoms with Gasteiger partial charge in [-0.2, -0.15) is 0 Å². The molecular formula is C5H13NSi. The van der Waals surface area contributed by atoms with Gasteiger partial charge in [0.05, 0.1) is 0 Å². The van der Waals surface area contributed by atoms with Crippen molar-refractivity contribution in [3.05, 3.63) is 0 Å². The van der Waals surface area contributed by atoms with Gasteiger partial charge in [-0.3, -0.25) is 0 Å². The molecule has 0 heterocycles. The van der Waals surface area contributed by atoms with Gasteiger partial charge < -0.3 is 5.73 Å². The van der Waals surface area contributed by atoms with Gasteiger partial charge in [0, 0.05) is 0 Å². The van der Waals surface area contributed by atoms with Gasteiger partial charge in [0.2, 0.25) is 0 Å². The van der Waals surface area contributed by atoms with Crippen LogP contribution in [-0.4, -0.2) is 20.6 Å². The van der Waals surface area contributed by atoms with E-state index in [1.54, 1.807) is 0 Å². The molecule has 0 saturated carbocycles. The molecule has 2 N–H and O–H groups in total. The first-order valence-electron chi connectivity index (χ1n) is 2.61. The Kier molecular flexibility index (Phi) is 4.24. The summed E-state index contributed by atoms with van der Waals surface area (Å²) in [5.74, 6) is 0. The monoisotopic (exact) mass is 115 g/mol. The molecule has 0 aromatic heterocycles. The highest BCUT2D eigenvalue weighted by Crippen LogP contribution is 1.66. The third-order valence-electron chi connectivity index (χ3n) is 0.719. The second-order valence-corrected chi connectivity index (χ2v) is 4.42. The maximum absolute atomic E-state index is 5.26. The van der Waals surface area contributed by atoms with Gasteiger partial charge in [-0.15, -0.1) is 5.67 Å². The van der Waals surface area contributed by atoms with E-state index in [2.05, 4.69) is 18.8 Å². The van der Waals surface area contributed by atoms with Crippen molar-refractivity contribution in [2.45, 2.75) is 19.5 Å². The molecule has 0 fully saturated rings. The fraction of sp³-hybridized carbons (Fsp3) is 0.800. The second kappa shape index (κ2) is 4.21. The number of nitrogens with two attached hydrogens (primary N) is 1. The molecule has 0 radical (unpaired) electrons. The molecule has 0 bridgehead atoms. The van der Waals surface area contributed by atoms with E-state index in [-0.39, 0.29) is 8.41 Å². The van der Waals surface area contributed by atoms with Crippen LogP contribution in [0.2, 0.25) is 13.1 Å². The fourth-order valence-electron chi connectivity index (χ4n) is 0.372. The average Bonchev–Trinajstić information content (AvgIpc) is 1.61. The molecule has 0 amide bonds. The van der Waals surface area contributed by atoms with Gasteiger partial charge >= 0.3 is 0 Å². The van der Waals surface area contributed by atoms with Crippen LogP contribution >= 0.6 is 0 Å². The van der Waals surface area contributed by atoms with E-state index >= 15 is 0 Å². The molecule has 0 rings (SSSR count). The summed E-state index contributed by atoms with van der Waals surface area (Å²) in [6.07, 6.45) is 1.10. The summed E-state index contributed by atoms with van der Waals surface area (Å²) in [5, 5.41) is 0. The largest absolute Gasteiger partial charge is 0.330 e. The molecule has 0 aliphatic carbocycles. The third kappa shape index (κ3) is 6.05. The molecule has 0 aliphatic rings. The van der Waals surface area contributed by atoms with Crippen LogP contribution in [0.15, 0.2) is 0 Å². The summed E-state index contributed by atoms with van der Waals surface area (Å²) >= 11 is 0. The maximum Gasteiger partial charge on any atom is -0.00128 e.